The third-order valence-electron chi connectivity index (χ3n) is 4.48. The summed E-state index contributed by atoms with van der Waals surface area (Å²) in [5, 5.41) is 3.27. The molecule has 0 saturated heterocycles. The van der Waals surface area contributed by atoms with Crippen molar-refractivity contribution in [2.24, 2.45) is 0 Å². The van der Waals surface area contributed by atoms with E-state index in [0.29, 0.717) is 16.5 Å². The zero-order valence-corrected chi connectivity index (χ0v) is 14.6. The molecule has 1 aliphatic rings. The number of carbonyl (C=O) groups excluding carboxylic acids is 1. The Morgan fingerprint density at radius 2 is 1.93 bits per heavy atom. The first-order chi connectivity index (χ1) is 12.8. The SMILES string of the molecule is O=C1C[C@@H](c2cccc(Cl)c2)c2ncn(-c3cccc(C(F)(F)F)c3)c2N1. The first-order valence-corrected chi connectivity index (χ1v) is 8.51. The van der Waals surface area contributed by atoms with E-state index in [9.17, 15) is 18.0 Å². The summed E-state index contributed by atoms with van der Waals surface area (Å²) in [7, 11) is 0. The van der Waals surface area contributed by atoms with E-state index in [-0.39, 0.29) is 23.9 Å². The Kier molecular flexibility index (Phi) is 4.19. The second-order valence-electron chi connectivity index (χ2n) is 6.26. The summed E-state index contributed by atoms with van der Waals surface area (Å²) in [5.74, 6) is -0.184. The Morgan fingerprint density at radius 3 is 2.67 bits per heavy atom. The molecule has 1 amide bonds. The van der Waals surface area contributed by atoms with Crippen molar-refractivity contribution in [2.75, 3.05) is 5.32 Å². The third-order valence-corrected chi connectivity index (χ3v) is 4.71. The van der Waals surface area contributed by atoms with E-state index < -0.39 is 11.7 Å². The molecule has 0 radical (unpaired) electrons. The van der Waals surface area contributed by atoms with Gasteiger partial charge in [-0.1, -0.05) is 29.8 Å². The van der Waals surface area contributed by atoms with Gasteiger partial charge >= 0.3 is 6.18 Å². The predicted octanol–water partition coefficient (Wildman–Crippen LogP) is 5.02. The number of nitrogens with one attached hydrogen (secondary N) is 1. The highest BCUT2D eigenvalue weighted by Crippen LogP contribution is 2.38. The Labute approximate surface area is 157 Å². The zero-order valence-electron chi connectivity index (χ0n) is 13.8. The number of fused-ring (bicyclic) bond motifs is 1. The Bertz CT molecular complexity index is 1030. The predicted molar refractivity (Wildman–Crippen MR) is 95.1 cm³/mol. The van der Waals surface area contributed by atoms with Gasteiger partial charge < -0.3 is 5.32 Å². The van der Waals surface area contributed by atoms with Crippen LogP contribution in [0.5, 0.6) is 0 Å². The molecule has 0 aliphatic carbocycles. The van der Waals surface area contributed by atoms with Gasteiger partial charge in [0.2, 0.25) is 5.91 Å². The monoisotopic (exact) mass is 391 g/mol. The molecule has 8 heteroatoms. The van der Waals surface area contributed by atoms with Crippen LogP contribution < -0.4 is 5.32 Å². The fourth-order valence-electron chi connectivity index (χ4n) is 3.23. The van der Waals surface area contributed by atoms with Crippen molar-refractivity contribution in [2.45, 2.75) is 18.5 Å². The van der Waals surface area contributed by atoms with Crippen molar-refractivity contribution in [1.82, 2.24) is 9.55 Å². The van der Waals surface area contributed by atoms with Crippen LogP contribution in [0.2, 0.25) is 5.02 Å². The van der Waals surface area contributed by atoms with Gasteiger partial charge in [-0.2, -0.15) is 13.2 Å². The molecule has 0 unspecified atom stereocenters. The van der Waals surface area contributed by atoms with Crippen molar-refractivity contribution >= 4 is 23.3 Å². The molecule has 2 aromatic carbocycles. The van der Waals surface area contributed by atoms with Gasteiger partial charge in [0, 0.05) is 23.0 Å². The van der Waals surface area contributed by atoms with Crippen LogP contribution in [0.4, 0.5) is 19.0 Å². The molecule has 138 valence electrons. The molecular weight excluding hydrogens is 379 g/mol. The number of nitrogens with zero attached hydrogens (tertiary/aromatic N) is 2. The summed E-state index contributed by atoms with van der Waals surface area (Å²) in [6.07, 6.45) is -2.85. The van der Waals surface area contributed by atoms with E-state index in [1.165, 1.54) is 23.0 Å². The molecule has 3 aromatic rings. The fraction of sp³-hybridized carbons (Fsp3) is 0.158. The van der Waals surface area contributed by atoms with Gasteiger partial charge in [0.05, 0.1) is 11.3 Å². The molecule has 1 N–H and O–H groups in total. The summed E-state index contributed by atoms with van der Waals surface area (Å²) < 4.78 is 40.5. The van der Waals surface area contributed by atoms with Crippen molar-refractivity contribution in [1.29, 1.82) is 0 Å². The normalized spacial score (nSPS) is 16.7. The second-order valence-corrected chi connectivity index (χ2v) is 6.69. The van der Waals surface area contributed by atoms with E-state index >= 15 is 0 Å². The van der Waals surface area contributed by atoms with Crippen LogP contribution in [0.3, 0.4) is 0 Å². The van der Waals surface area contributed by atoms with E-state index in [1.54, 1.807) is 18.2 Å². The number of carbonyl (C=O) groups is 1. The standard InChI is InChI=1S/C19H13ClF3N3O/c20-13-5-1-3-11(7-13)15-9-16(27)25-18-17(15)24-10-26(18)14-6-2-4-12(8-14)19(21,22)23/h1-8,10,15H,9H2,(H,25,27)/t15-/m0/s1. The molecular formula is C19H13ClF3N3O. The third kappa shape index (κ3) is 3.30. The minimum absolute atomic E-state index is 0.187. The first-order valence-electron chi connectivity index (χ1n) is 8.13. The highest BCUT2D eigenvalue weighted by molar-refractivity contribution is 6.30. The Hall–Kier alpha value is -2.80. The summed E-state index contributed by atoms with van der Waals surface area (Å²) in [6.45, 7) is 0. The van der Waals surface area contributed by atoms with E-state index in [1.807, 2.05) is 6.07 Å². The molecule has 1 aliphatic heterocycles. The summed E-state index contributed by atoms with van der Waals surface area (Å²) in [4.78, 5) is 16.6. The molecule has 0 bridgehead atoms. The van der Waals surface area contributed by atoms with Gasteiger partial charge in [0.25, 0.3) is 0 Å². The number of anilines is 1. The van der Waals surface area contributed by atoms with Crippen LogP contribution in [0.15, 0.2) is 54.9 Å². The van der Waals surface area contributed by atoms with Crippen LogP contribution >= 0.6 is 11.6 Å². The first kappa shape index (κ1) is 17.6. The molecule has 4 nitrogen and oxygen atoms in total. The summed E-state index contributed by atoms with van der Waals surface area (Å²) in [5.41, 5.74) is 0.920. The van der Waals surface area contributed by atoms with Crippen LogP contribution in [-0.4, -0.2) is 15.5 Å². The lowest BCUT2D eigenvalue weighted by Gasteiger charge is -2.23. The lowest BCUT2D eigenvalue weighted by atomic mass is 9.90. The second kappa shape index (κ2) is 6.42. The largest absolute Gasteiger partial charge is 0.416 e. The molecule has 27 heavy (non-hydrogen) atoms. The molecule has 0 spiro atoms. The summed E-state index contributed by atoms with van der Waals surface area (Å²) in [6, 6.07) is 12.0. The van der Waals surface area contributed by atoms with Crippen LogP contribution in [0.25, 0.3) is 5.69 Å². The zero-order chi connectivity index (χ0) is 19.2. The molecule has 0 fully saturated rings. The number of hydrogen-bond donors (Lipinski definition) is 1. The van der Waals surface area contributed by atoms with E-state index in [0.717, 1.165) is 17.7 Å². The molecule has 0 saturated carbocycles. The topological polar surface area (TPSA) is 46.9 Å². The van der Waals surface area contributed by atoms with Gasteiger partial charge in [-0.3, -0.25) is 9.36 Å². The number of hydrogen-bond acceptors (Lipinski definition) is 2. The van der Waals surface area contributed by atoms with Crippen molar-refractivity contribution in [3.8, 4) is 5.69 Å². The fourth-order valence-corrected chi connectivity index (χ4v) is 3.43. The number of benzene rings is 2. The lowest BCUT2D eigenvalue weighted by Crippen LogP contribution is -2.25. The van der Waals surface area contributed by atoms with E-state index in [2.05, 4.69) is 10.3 Å². The lowest BCUT2D eigenvalue weighted by molar-refractivity contribution is -0.137. The average molecular weight is 392 g/mol. The highest BCUT2D eigenvalue weighted by atomic mass is 35.5. The number of alkyl halides is 3. The van der Waals surface area contributed by atoms with Crippen LogP contribution in [0.1, 0.15) is 29.2 Å². The van der Waals surface area contributed by atoms with Crippen molar-refractivity contribution < 1.29 is 18.0 Å². The maximum absolute atomic E-state index is 13.0. The molecule has 4 rings (SSSR count). The Morgan fingerprint density at radius 1 is 1.15 bits per heavy atom. The maximum atomic E-state index is 13.0. The average Bonchev–Trinajstić information content (AvgIpc) is 3.04. The molecule has 2 heterocycles. The number of aromatic nitrogens is 2. The minimum atomic E-state index is -4.46. The quantitative estimate of drug-likeness (QED) is 0.666. The minimum Gasteiger partial charge on any atom is -0.310 e. The van der Waals surface area contributed by atoms with Crippen LogP contribution in [0, 0.1) is 0 Å². The molecule has 1 aromatic heterocycles. The van der Waals surface area contributed by atoms with Gasteiger partial charge in [0.1, 0.15) is 12.1 Å². The smallest absolute Gasteiger partial charge is 0.310 e. The molecule has 1 atom stereocenters. The van der Waals surface area contributed by atoms with Gasteiger partial charge in [-0.15, -0.1) is 0 Å². The highest BCUT2D eigenvalue weighted by Gasteiger charge is 2.33. The van der Waals surface area contributed by atoms with Gasteiger partial charge in [-0.05, 0) is 35.9 Å². The number of halogens is 4. The van der Waals surface area contributed by atoms with Crippen molar-refractivity contribution in [3.63, 3.8) is 0 Å². The maximum Gasteiger partial charge on any atom is 0.416 e. The van der Waals surface area contributed by atoms with Gasteiger partial charge in [0.15, 0.2) is 0 Å². The van der Waals surface area contributed by atoms with Crippen LogP contribution in [-0.2, 0) is 11.0 Å². The van der Waals surface area contributed by atoms with Crippen molar-refractivity contribution in [3.05, 3.63) is 76.7 Å². The summed E-state index contributed by atoms with van der Waals surface area (Å²) >= 11 is 6.06. The van der Waals surface area contributed by atoms with E-state index in [4.69, 9.17) is 11.6 Å². The Balaban J connectivity index is 1.81. The number of amides is 1. The number of rotatable bonds is 2. The number of imidazole rings is 1. The van der Waals surface area contributed by atoms with Gasteiger partial charge in [-0.25, -0.2) is 4.98 Å².